The summed E-state index contributed by atoms with van der Waals surface area (Å²) >= 11 is 0. The predicted molar refractivity (Wildman–Crippen MR) is 67.6 cm³/mol. The molecule has 1 aliphatic heterocycles. The number of piperidine rings is 1. The molecule has 0 aliphatic carbocycles. The van der Waals surface area contributed by atoms with E-state index < -0.39 is 11.9 Å². The molecule has 19 heavy (non-hydrogen) atoms. The van der Waals surface area contributed by atoms with Crippen LogP contribution in [-0.2, 0) is 14.4 Å². The molecule has 6 heteroatoms. The van der Waals surface area contributed by atoms with Gasteiger partial charge in [0.25, 0.3) is 0 Å². The van der Waals surface area contributed by atoms with E-state index in [1.807, 2.05) is 6.07 Å². The second kappa shape index (κ2) is 5.90. The van der Waals surface area contributed by atoms with Crippen LogP contribution in [0.3, 0.4) is 0 Å². The highest BCUT2D eigenvalue weighted by Crippen LogP contribution is 2.04. The summed E-state index contributed by atoms with van der Waals surface area (Å²) in [6, 6.07) is 2.92. The molecule has 1 saturated heterocycles. The zero-order valence-electron chi connectivity index (χ0n) is 10.1. The van der Waals surface area contributed by atoms with Gasteiger partial charge < -0.3 is 5.32 Å². The Morgan fingerprint density at radius 2 is 2.32 bits per heavy atom. The summed E-state index contributed by atoms with van der Waals surface area (Å²) < 4.78 is 0. The second-order valence-corrected chi connectivity index (χ2v) is 4.13. The van der Waals surface area contributed by atoms with Gasteiger partial charge in [-0.25, -0.2) is 0 Å². The molecule has 2 N–H and O–H groups in total. The third-order valence-corrected chi connectivity index (χ3v) is 2.67. The highest BCUT2D eigenvalue weighted by atomic mass is 16.2. The van der Waals surface area contributed by atoms with Crippen LogP contribution in [-0.4, -0.2) is 28.7 Å². The number of carbonyl (C=O) groups is 3. The SMILES string of the molecule is O=C(C=Cc1cccnc1)NC1CCC(=O)NC1=O. The molecule has 3 amide bonds. The number of nitrogens with zero attached hydrogens (tertiary/aromatic N) is 1. The summed E-state index contributed by atoms with van der Waals surface area (Å²) in [5.74, 6) is -1.14. The fourth-order valence-electron chi connectivity index (χ4n) is 1.70. The molecule has 0 aromatic carbocycles. The maximum Gasteiger partial charge on any atom is 0.249 e. The number of imide groups is 1. The molecule has 6 nitrogen and oxygen atoms in total. The first-order valence-corrected chi connectivity index (χ1v) is 5.87. The Kier molecular flexibility index (Phi) is 4.02. The van der Waals surface area contributed by atoms with Crippen molar-refractivity contribution in [3.63, 3.8) is 0 Å². The van der Waals surface area contributed by atoms with Crippen LogP contribution in [0.2, 0.25) is 0 Å². The van der Waals surface area contributed by atoms with E-state index in [1.54, 1.807) is 24.5 Å². The second-order valence-electron chi connectivity index (χ2n) is 4.13. The van der Waals surface area contributed by atoms with Crippen LogP contribution in [0.1, 0.15) is 18.4 Å². The Morgan fingerprint density at radius 1 is 1.47 bits per heavy atom. The van der Waals surface area contributed by atoms with Crippen molar-refractivity contribution < 1.29 is 14.4 Å². The average molecular weight is 259 g/mol. The molecule has 0 bridgehead atoms. The Labute approximate surface area is 109 Å². The average Bonchev–Trinajstić information content (AvgIpc) is 2.41. The van der Waals surface area contributed by atoms with E-state index in [0.29, 0.717) is 6.42 Å². The van der Waals surface area contributed by atoms with Crippen molar-refractivity contribution >= 4 is 23.8 Å². The molecule has 1 aliphatic rings. The molecule has 1 aromatic heterocycles. The van der Waals surface area contributed by atoms with Crippen LogP contribution in [0.4, 0.5) is 0 Å². The smallest absolute Gasteiger partial charge is 0.249 e. The first-order chi connectivity index (χ1) is 9.15. The molecule has 2 heterocycles. The van der Waals surface area contributed by atoms with Gasteiger partial charge in [0, 0.05) is 24.9 Å². The number of hydrogen-bond donors (Lipinski definition) is 2. The lowest BCUT2D eigenvalue weighted by Crippen LogP contribution is -2.51. The standard InChI is InChI=1S/C13H13N3O3/c17-11(5-3-9-2-1-7-14-8-9)15-10-4-6-12(18)16-13(10)19/h1-3,5,7-8,10H,4,6H2,(H,15,17)(H,16,18,19). The normalized spacial score (nSPS) is 19.3. The molecular formula is C13H13N3O3. The molecule has 0 saturated carbocycles. The number of rotatable bonds is 3. The van der Waals surface area contributed by atoms with Crippen molar-refractivity contribution in [2.45, 2.75) is 18.9 Å². The van der Waals surface area contributed by atoms with Crippen molar-refractivity contribution in [1.82, 2.24) is 15.6 Å². The Morgan fingerprint density at radius 3 is 3.00 bits per heavy atom. The molecule has 0 spiro atoms. The highest BCUT2D eigenvalue weighted by Gasteiger charge is 2.27. The largest absolute Gasteiger partial charge is 0.341 e. The lowest BCUT2D eigenvalue weighted by atomic mass is 10.1. The fraction of sp³-hybridized carbons (Fsp3) is 0.231. The van der Waals surface area contributed by atoms with E-state index in [4.69, 9.17) is 0 Å². The zero-order chi connectivity index (χ0) is 13.7. The van der Waals surface area contributed by atoms with Gasteiger partial charge in [-0.2, -0.15) is 0 Å². The quantitative estimate of drug-likeness (QED) is 0.591. The van der Waals surface area contributed by atoms with Gasteiger partial charge in [0.05, 0.1) is 0 Å². The molecule has 1 fully saturated rings. The van der Waals surface area contributed by atoms with Gasteiger partial charge in [-0.3, -0.25) is 24.7 Å². The molecule has 2 rings (SSSR count). The predicted octanol–water partition coefficient (Wildman–Crippen LogP) is 0.0162. The molecular weight excluding hydrogens is 246 g/mol. The number of aromatic nitrogens is 1. The summed E-state index contributed by atoms with van der Waals surface area (Å²) in [4.78, 5) is 37.9. The number of pyridine rings is 1. The van der Waals surface area contributed by atoms with E-state index in [9.17, 15) is 14.4 Å². The van der Waals surface area contributed by atoms with E-state index in [2.05, 4.69) is 15.6 Å². The van der Waals surface area contributed by atoms with Gasteiger partial charge in [-0.15, -0.1) is 0 Å². The van der Waals surface area contributed by atoms with E-state index >= 15 is 0 Å². The topological polar surface area (TPSA) is 88.2 Å². The fourth-order valence-corrected chi connectivity index (χ4v) is 1.70. The van der Waals surface area contributed by atoms with E-state index in [1.165, 1.54) is 6.08 Å². The minimum atomic E-state index is -0.649. The molecule has 1 atom stereocenters. The summed E-state index contributed by atoms with van der Waals surface area (Å²) in [7, 11) is 0. The summed E-state index contributed by atoms with van der Waals surface area (Å²) in [6.07, 6.45) is 6.77. The van der Waals surface area contributed by atoms with Crippen LogP contribution >= 0.6 is 0 Å². The minimum Gasteiger partial charge on any atom is -0.341 e. The van der Waals surface area contributed by atoms with Crippen molar-refractivity contribution in [1.29, 1.82) is 0 Å². The third kappa shape index (κ3) is 3.74. The first-order valence-electron chi connectivity index (χ1n) is 5.87. The minimum absolute atomic E-state index is 0.239. The maximum atomic E-state index is 11.6. The van der Waals surface area contributed by atoms with Crippen molar-refractivity contribution in [2.24, 2.45) is 0 Å². The number of hydrogen-bond acceptors (Lipinski definition) is 4. The van der Waals surface area contributed by atoms with E-state index in [-0.39, 0.29) is 18.2 Å². The Hall–Kier alpha value is -2.50. The first kappa shape index (κ1) is 12.9. The van der Waals surface area contributed by atoms with Crippen LogP contribution in [0.15, 0.2) is 30.6 Å². The summed E-state index contributed by atoms with van der Waals surface area (Å²) in [5.41, 5.74) is 0.793. The Balaban J connectivity index is 1.89. The van der Waals surface area contributed by atoms with E-state index in [0.717, 1.165) is 5.56 Å². The maximum absolute atomic E-state index is 11.6. The van der Waals surface area contributed by atoms with Gasteiger partial charge in [-0.05, 0) is 24.1 Å². The van der Waals surface area contributed by atoms with Gasteiger partial charge in [-0.1, -0.05) is 6.07 Å². The van der Waals surface area contributed by atoms with Gasteiger partial charge in [0.1, 0.15) is 6.04 Å². The molecule has 1 aromatic rings. The molecule has 0 radical (unpaired) electrons. The zero-order valence-corrected chi connectivity index (χ0v) is 10.1. The number of amides is 3. The van der Waals surface area contributed by atoms with Crippen LogP contribution in [0.25, 0.3) is 6.08 Å². The lowest BCUT2D eigenvalue weighted by molar-refractivity contribution is -0.136. The molecule has 98 valence electrons. The van der Waals surface area contributed by atoms with Crippen LogP contribution in [0.5, 0.6) is 0 Å². The summed E-state index contributed by atoms with van der Waals surface area (Å²) in [5, 5.41) is 4.73. The van der Waals surface area contributed by atoms with Crippen LogP contribution < -0.4 is 10.6 Å². The van der Waals surface area contributed by atoms with Crippen LogP contribution in [0, 0.1) is 0 Å². The number of nitrogens with one attached hydrogen (secondary N) is 2. The number of carbonyl (C=O) groups excluding carboxylic acids is 3. The summed E-state index contributed by atoms with van der Waals surface area (Å²) in [6.45, 7) is 0. The molecule has 1 unspecified atom stereocenters. The Bertz CT molecular complexity index is 525. The van der Waals surface area contributed by atoms with Crippen molar-refractivity contribution in [3.05, 3.63) is 36.2 Å². The third-order valence-electron chi connectivity index (χ3n) is 2.67. The lowest BCUT2D eigenvalue weighted by Gasteiger charge is -2.20. The van der Waals surface area contributed by atoms with Crippen molar-refractivity contribution in [2.75, 3.05) is 0 Å². The highest BCUT2D eigenvalue weighted by molar-refractivity contribution is 6.03. The van der Waals surface area contributed by atoms with Gasteiger partial charge >= 0.3 is 0 Å². The van der Waals surface area contributed by atoms with Gasteiger partial charge in [0.15, 0.2) is 0 Å². The monoisotopic (exact) mass is 259 g/mol. The van der Waals surface area contributed by atoms with Gasteiger partial charge in [0.2, 0.25) is 17.7 Å². The van der Waals surface area contributed by atoms with Crippen molar-refractivity contribution in [3.8, 4) is 0 Å².